The number of aromatic nitrogens is 2. The van der Waals surface area contributed by atoms with E-state index < -0.39 is 0 Å². The van der Waals surface area contributed by atoms with Gasteiger partial charge >= 0.3 is 0 Å². The van der Waals surface area contributed by atoms with Crippen LogP contribution in [0.4, 0.5) is 0 Å². The van der Waals surface area contributed by atoms with Crippen molar-refractivity contribution in [3.8, 4) is 0 Å². The van der Waals surface area contributed by atoms with Gasteiger partial charge < -0.3 is 4.98 Å². The summed E-state index contributed by atoms with van der Waals surface area (Å²) in [6.07, 6.45) is 6.12. The van der Waals surface area contributed by atoms with Gasteiger partial charge in [0.05, 0.1) is 24.4 Å². The molecule has 1 fully saturated rings. The number of benzene rings is 1. The Balaban J connectivity index is 1.35. The van der Waals surface area contributed by atoms with E-state index in [9.17, 15) is 4.79 Å². The minimum Gasteiger partial charge on any atom is -0.360 e. The smallest absolute Gasteiger partial charge is 0.272 e. The highest BCUT2D eigenvalue weighted by Gasteiger charge is 2.26. The van der Waals surface area contributed by atoms with Gasteiger partial charge in [0.1, 0.15) is 0 Å². The van der Waals surface area contributed by atoms with E-state index in [-0.39, 0.29) is 5.91 Å². The molecule has 2 aromatic heterocycles. The molecule has 2 N–H and O–H groups in total. The monoisotopic (exact) mass is 361 g/mol. The fourth-order valence-electron chi connectivity index (χ4n) is 3.88. The average Bonchev–Trinajstić information content (AvgIpc) is 3.10. The maximum Gasteiger partial charge on any atom is 0.272 e. The van der Waals surface area contributed by atoms with Crippen LogP contribution in [0.2, 0.25) is 0 Å². The summed E-state index contributed by atoms with van der Waals surface area (Å²) in [5, 5.41) is 7.72. The summed E-state index contributed by atoms with van der Waals surface area (Å²) >= 11 is 0. The van der Waals surface area contributed by atoms with Crippen LogP contribution in [-0.4, -0.2) is 54.2 Å². The minimum absolute atomic E-state index is 0.151. The van der Waals surface area contributed by atoms with Gasteiger partial charge in [0.15, 0.2) is 12.4 Å². The van der Waals surface area contributed by atoms with Gasteiger partial charge in [-0.15, -0.1) is 0 Å². The van der Waals surface area contributed by atoms with Crippen molar-refractivity contribution in [1.29, 1.82) is 0 Å². The van der Waals surface area contributed by atoms with Crippen molar-refractivity contribution in [3.63, 3.8) is 0 Å². The number of carbonyl (C=O) groups excluding carboxylic acids is 1. The molecule has 1 saturated heterocycles. The standard InChI is InChI=1S/C20H20N6O/c27-20-15-5-4-6-17-19(15)16(13-21-17)18(22-23-20)14-24-9-11-26(12-10-24)25-7-2-1-3-8-25/h1-8,13H,9-12,14H2,(H-,21,22,23,27)/p+1. The van der Waals surface area contributed by atoms with E-state index in [1.54, 1.807) is 0 Å². The molecule has 0 bridgehead atoms. The van der Waals surface area contributed by atoms with E-state index in [2.05, 4.69) is 42.5 Å². The molecule has 0 unspecified atom stereocenters. The van der Waals surface area contributed by atoms with Crippen LogP contribution in [0.25, 0.3) is 10.9 Å². The summed E-state index contributed by atoms with van der Waals surface area (Å²) in [7, 11) is 0. The molecule has 3 aromatic rings. The van der Waals surface area contributed by atoms with Crippen molar-refractivity contribution < 1.29 is 9.47 Å². The second-order valence-electron chi connectivity index (χ2n) is 6.92. The first-order chi connectivity index (χ1) is 13.3. The number of hydrogen-bond acceptors (Lipinski definition) is 4. The Morgan fingerprint density at radius 3 is 2.63 bits per heavy atom. The number of piperazine rings is 1. The van der Waals surface area contributed by atoms with E-state index in [0.29, 0.717) is 5.56 Å². The number of pyridine rings is 1. The van der Waals surface area contributed by atoms with Crippen LogP contribution in [0.5, 0.6) is 0 Å². The van der Waals surface area contributed by atoms with Gasteiger partial charge in [0, 0.05) is 54.4 Å². The van der Waals surface area contributed by atoms with Crippen LogP contribution in [0.15, 0.2) is 60.1 Å². The Kier molecular flexibility index (Phi) is 3.86. The van der Waals surface area contributed by atoms with E-state index in [1.165, 1.54) is 0 Å². The molecule has 27 heavy (non-hydrogen) atoms. The Labute approximate surface area is 156 Å². The second kappa shape index (κ2) is 6.51. The zero-order valence-electron chi connectivity index (χ0n) is 14.9. The molecule has 0 aliphatic carbocycles. The van der Waals surface area contributed by atoms with Gasteiger partial charge in [0.2, 0.25) is 0 Å². The molecule has 0 saturated carbocycles. The van der Waals surface area contributed by atoms with Crippen LogP contribution in [0.1, 0.15) is 15.9 Å². The number of carbonyl (C=O) groups is 1. The minimum atomic E-state index is -0.151. The van der Waals surface area contributed by atoms with Gasteiger partial charge in [-0.25, -0.2) is 5.43 Å². The van der Waals surface area contributed by atoms with Gasteiger partial charge in [-0.3, -0.25) is 9.69 Å². The highest BCUT2D eigenvalue weighted by molar-refractivity contribution is 6.19. The number of hydrogen-bond donors (Lipinski definition) is 2. The first-order valence-electron chi connectivity index (χ1n) is 9.21. The lowest BCUT2D eigenvalue weighted by atomic mass is 10.0. The van der Waals surface area contributed by atoms with Crippen molar-refractivity contribution in [3.05, 3.63) is 66.1 Å². The lowest BCUT2D eigenvalue weighted by Crippen LogP contribution is -2.64. The van der Waals surface area contributed by atoms with E-state index in [1.807, 2.05) is 42.6 Å². The maximum absolute atomic E-state index is 12.4. The molecule has 0 atom stereocenters. The fourth-order valence-corrected chi connectivity index (χ4v) is 3.88. The third-order valence-corrected chi connectivity index (χ3v) is 5.30. The Hall–Kier alpha value is -3.19. The number of rotatable bonds is 3. The summed E-state index contributed by atoms with van der Waals surface area (Å²) in [5.74, 6) is -0.151. The van der Waals surface area contributed by atoms with E-state index >= 15 is 0 Å². The van der Waals surface area contributed by atoms with Crippen molar-refractivity contribution >= 4 is 22.5 Å². The van der Waals surface area contributed by atoms with Crippen molar-refractivity contribution in [1.82, 2.24) is 15.3 Å². The van der Waals surface area contributed by atoms with Gasteiger partial charge in [-0.1, -0.05) is 16.8 Å². The molecule has 0 radical (unpaired) electrons. The van der Waals surface area contributed by atoms with Crippen LogP contribution >= 0.6 is 0 Å². The number of hydrazone groups is 1. The molecule has 136 valence electrons. The SMILES string of the molecule is O=C1NN=C(CN2CCN([n+]3ccccc3)CC2)c2c[nH]c3cccc1c23. The molecule has 7 nitrogen and oxygen atoms in total. The molecule has 1 amide bonds. The van der Waals surface area contributed by atoms with Gasteiger partial charge in [0.25, 0.3) is 5.91 Å². The quantitative estimate of drug-likeness (QED) is 0.680. The predicted octanol–water partition coefficient (Wildman–Crippen LogP) is 0.857. The average molecular weight is 361 g/mol. The maximum atomic E-state index is 12.4. The molecule has 0 spiro atoms. The molecule has 4 heterocycles. The first kappa shape index (κ1) is 16.0. The zero-order chi connectivity index (χ0) is 18.2. The lowest BCUT2D eigenvalue weighted by molar-refractivity contribution is -0.694. The highest BCUT2D eigenvalue weighted by atomic mass is 16.2. The summed E-state index contributed by atoms with van der Waals surface area (Å²) in [5.41, 5.74) is 6.27. The summed E-state index contributed by atoms with van der Waals surface area (Å²) in [6, 6.07) is 11.9. The zero-order valence-corrected chi connectivity index (χ0v) is 14.9. The van der Waals surface area contributed by atoms with Gasteiger partial charge in [-0.2, -0.15) is 10.1 Å². The molecule has 2 aliphatic heterocycles. The molecular weight excluding hydrogens is 340 g/mol. The van der Waals surface area contributed by atoms with Crippen molar-refractivity contribution in [2.45, 2.75) is 0 Å². The molecule has 7 heteroatoms. The highest BCUT2D eigenvalue weighted by Crippen LogP contribution is 2.25. The molecule has 2 aliphatic rings. The van der Waals surface area contributed by atoms with Crippen LogP contribution in [0, 0.1) is 0 Å². The number of nitrogens with one attached hydrogen (secondary N) is 2. The lowest BCUT2D eigenvalue weighted by Gasteiger charge is -2.31. The predicted molar refractivity (Wildman–Crippen MR) is 103 cm³/mol. The molecule has 5 rings (SSSR count). The topological polar surface area (TPSA) is 67.6 Å². The Morgan fingerprint density at radius 2 is 1.81 bits per heavy atom. The second-order valence-corrected chi connectivity index (χ2v) is 6.92. The van der Waals surface area contributed by atoms with E-state index in [0.717, 1.165) is 54.9 Å². The number of amides is 1. The van der Waals surface area contributed by atoms with Gasteiger partial charge in [-0.05, 0) is 12.1 Å². The van der Waals surface area contributed by atoms with Crippen molar-refractivity contribution in [2.75, 3.05) is 37.7 Å². The number of H-pyrrole nitrogens is 1. The van der Waals surface area contributed by atoms with Crippen LogP contribution in [0.3, 0.4) is 0 Å². The van der Waals surface area contributed by atoms with E-state index in [4.69, 9.17) is 0 Å². The summed E-state index contributed by atoms with van der Waals surface area (Å²) in [6.45, 7) is 4.52. The normalized spacial score (nSPS) is 17.6. The Morgan fingerprint density at radius 1 is 1.00 bits per heavy atom. The third-order valence-electron chi connectivity index (χ3n) is 5.30. The van der Waals surface area contributed by atoms with Crippen molar-refractivity contribution in [2.24, 2.45) is 5.10 Å². The fraction of sp³-hybridized carbons (Fsp3) is 0.250. The summed E-state index contributed by atoms with van der Waals surface area (Å²) in [4.78, 5) is 18.0. The summed E-state index contributed by atoms with van der Waals surface area (Å²) < 4.78 is 2.15. The molecular formula is C20H21N6O+. The molecule has 1 aromatic carbocycles. The number of aromatic amines is 1. The number of nitrogens with zero attached hydrogens (tertiary/aromatic N) is 4. The first-order valence-corrected chi connectivity index (χ1v) is 9.21. The third kappa shape index (κ3) is 2.86. The van der Waals surface area contributed by atoms with Crippen LogP contribution in [-0.2, 0) is 0 Å². The van der Waals surface area contributed by atoms with Crippen LogP contribution < -0.4 is 15.1 Å². The Bertz CT molecular complexity index is 1020. The largest absolute Gasteiger partial charge is 0.360 e.